The number of carboxylic acid groups (broad SMARTS) is 1. The number of nitrogens with zero attached hydrogens (tertiary/aromatic N) is 1. The van der Waals surface area contributed by atoms with Crippen molar-refractivity contribution in [1.29, 1.82) is 0 Å². The highest BCUT2D eigenvalue weighted by atomic mass is 16.5. The van der Waals surface area contributed by atoms with Crippen LogP contribution in [-0.2, 0) is 4.79 Å². The Morgan fingerprint density at radius 1 is 1.45 bits per heavy atom. The average Bonchev–Trinajstić information content (AvgIpc) is 2.85. The van der Waals surface area contributed by atoms with Crippen LogP contribution in [0.2, 0.25) is 0 Å². The third-order valence-corrected chi connectivity index (χ3v) is 4.32. The molecule has 1 aliphatic rings. The summed E-state index contributed by atoms with van der Waals surface area (Å²) in [6.07, 6.45) is 2.33. The minimum Gasteiger partial charge on any atom is -0.492 e. The number of carbonyl (C=O) groups is 1. The first-order chi connectivity index (χ1) is 9.60. The van der Waals surface area contributed by atoms with Crippen LogP contribution in [0.1, 0.15) is 31.7 Å². The van der Waals surface area contributed by atoms with Crippen molar-refractivity contribution in [2.45, 2.75) is 38.6 Å². The van der Waals surface area contributed by atoms with E-state index in [1.165, 1.54) is 0 Å². The normalized spacial score (nSPS) is 22.9. The number of carboxylic acids is 1. The number of aryl methyl sites for hydroxylation is 1. The second-order valence-corrected chi connectivity index (χ2v) is 5.39. The molecule has 1 unspecified atom stereocenters. The van der Waals surface area contributed by atoms with Crippen molar-refractivity contribution in [2.24, 2.45) is 0 Å². The van der Waals surface area contributed by atoms with E-state index in [0.29, 0.717) is 19.6 Å². The van der Waals surface area contributed by atoms with E-state index in [0.717, 1.165) is 30.7 Å². The lowest BCUT2D eigenvalue weighted by atomic mass is 9.93. The van der Waals surface area contributed by atoms with Crippen LogP contribution in [0.3, 0.4) is 0 Å². The van der Waals surface area contributed by atoms with Crippen LogP contribution in [0.4, 0.5) is 0 Å². The van der Waals surface area contributed by atoms with Gasteiger partial charge in [0.1, 0.15) is 17.9 Å². The summed E-state index contributed by atoms with van der Waals surface area (Å²) in [5.41, 5.74) is 0.420. The Kier molecular flexibility index (Phi) is 4.65. The van der Waals surface area contributed by atoms with Crippen molar-refractivity contribution in [1.82, 2.24) is 4.90 Å². The second-order valence-electron chi connectivity index (χ2n) is 5.39. The van der Waals surface area contributed by atoms with Crippen LogP contribution in [0, 0.1) is 6.92 Å². The number of para-hydroxylation sites is 1. The summed E-state index contributed by atoms with van der Waals surface area (Å²) >= 11 is 0. The number of hydrogen-bond donors (Lipinski definition) is 1. The van der Waals surface area contributed by atoms with Crippen molar-refractivity contribution in [3.63, 3.8) is 0 Å². The number of ether oxygens (including phenoxy) is 1. The summed E-state index contributed by atoms with van der Waals surface area (Å²) in [7, 11) is 0. The van der Waals surface area contributed by atoms with Gasteiger partial charge in [-0.25, -0.2) is 0 Å². The smallest absolute Gasteiger partial charge is 0.324 e. The van der Waals surface area contributed by atoms with Crippen molar-refractivity contribution >= 4 is 5.97 Å². The number of benzene rings is 1. The molecule has 110 valence electrons. The molecule has 1 aromatic rings. The molecular weight excluding hydrogens is 254 g/mol. The standard InChI is InChI=1S/C16H23NO3/c1-3-16(15(18)19)9-6-10-17(16)11-12-20-14-8-5-4-7-13(14)2/h4-5,7-8H,3,6,9-12H2,1-2H3,(H,18,19). The maximum absolute atomic E-state index is 11.6. The van der Waals surface area contributed by atoms with Crippen LogP contribution < -0.4 is 4.74 Å². The van der Waals surface area contributed by atoms with Crippen LogP contribution >= 0.6 is 0 Å². The molecule has 1 atom stereocenters. The molecule has 0 saturated carbocycles. The van der Waals surface area contributed by atoms with E-state index in [9.17, 15) is 9.90 Å². The minimum atomic E-state index is -0.701. The molecule has 0 radical (unpaired) electrons. The molecule has 1 saturated heterocycles. The molecule has 0 bridgehead atoms. The topological polar surface area (TPSA) is 49.8 Å². The first kappa shape index (κ1) is 14.9. The van der Waals surface area contributed by atoms with Gasteiger partial charge in [0.2, 0.25) is 0 Å². The summed E-state index contributed by atoms with van der Waals surface area (Å²) in [4.78, 5) is 13.6. The lowest BCUT2D eigenvalue weighted by Gasteiger charge is -2.33. The molecule has 1 heterocycles. The van der Waals surface area contributed by atoms with E-state index in [4.69, 9.17) is 4.74 Å². The number of hydrogen-bond acceptors (Lipinski definition) is 3. The maximum Gasteiger partial charge on any atom is 0.324 e. The minimum absolute atomic E-state index is 0.528. The Labute approximate surface area is 120 Å². The Balaban J connectivity index is 1.94. The van der Waals surface area contributed by atoms with Crippen molar-refractivity contribution < 1.29 is 14.6 Å². The maximum atomic E-state index is 11.6. The monoisotopic (exact) mass is 277 g/mol. The first-order valence-corrected chi connectivity index (χ1v) is 7.27. The van der Waals surface area contributed by atoms with E-state index in [1.54, 1.807) is 0 Å². The van der Waals surface area contributed by atoms with Gasteiger partial charge >= 0.3 is 5.97 Å². The molecule has 0 spiro atoms. The fourth-order valence-electron chi connectivity index (χ4n) is 3.04. The highest BCUT2D eigenvalue weighted by Gasteiger charge is 2.45. The molecule has 1 aliphatic heterocycles. The fraction of sp³-hybridized carbons (Fsp3) is 0.562. The third kappa shape index (κ3) is 2.80. The molecule has 1 aromatic carbocycles. The quantitative estimate of drug-likeness (QED) is 0.868. The van der Waals surface area contributed by atoms with Crippen LogP contribution in [0.25, 0.3) is 0 Å². The number of rotatable bonds is 6. The van der Waals surface area contributed by atoms with Gasteiger partial charge < -0.3 is 9.84 Å². The van der Waals surface area contributed by atoms with E-state index >= 15 is 0 Å². The summed E-state index contributed by atoms with van der Waals surface area (Å²) in [6.45, 7) is 6.00. The predicted molar refractivity (Wildman–Crippen MR) is 78.1 cm³/mol. The lowest BCUT2D eigenvalue weighted by Crippen LogP contribution is -2.51. The van der Waals surface area contributed by atoms with E-state index in [1.807, 2.05) is 38.1 Å². The molecule has 0 aromatic heterocycles. The zero-order valence-corrected chi connectivity index (χ0v) is 12.3. The predicted octanol–water partition coefficient (Wildman–Crippen LogP) is 2.70. The fourth-order valence-corrected chi connectivity index (χ4v) is 3.04. The van der Waals surface area contributed by atoms with Gasteiger partial charge in [-0.1, -0.05) is 25.1 Å². The Bertz CT molecular complexity index is 475. The van der Waals surface area contributed by atoms with E-state index in [2.05, 4.69) is 4.90 Å². The van der Waals surface area contributed by atoms with E-state index in [-0.39, 0.29) is 0 Å². The van der Waals surface area contributed by atoms with Gasteiger partial charge in [0.05, 0.1) is 0 Å². The molecule has 1 fully saturated rings. The molecule has 20 heavy (non-hydrogen) atoms. The Morgan fingerprint density at radius 3 is 2.85 bits per heavy atom. The number of aliphatic carboxylic acids is 1. The van der Waals surface area contributed by atoms with Gasteiger partial charge in [-0.3, -0.25) is 9.69 Å². The van der Waals surface area contributed by atoms with Gasteiger partial charge in [-0.05, 0) is 44.4 Å². The van der Waals surface area contributed by atoms with Crippen molar-refractivity contribution in [3.05, 3.63) is 29.8 Å². The molecule has 0 aliphatic carbocycles. The molecule has 1 N–H and O–H groups in total. The molecule has 2 rings (SSSR count). The van der Waals surface area contributed by atoms with Gasteiger partial charge in [0.15, 0.2) is 0 Å². The average molecular weight is 277 g/mol. The third-order valence-electron chi connectivity index (χ3n) is 4.32. The van der Waals surface area contributed by atoms with Crippen LogP contribution in [0.15, 0.2) is 24.3 Å². The van der Waals surface area contributed by atoms with Crippen molar-refractivity contribution in [2.75, 3.05) is 19.7 Å². The van der Waals surface area contributed by atoms with E-state index < -0.39 is 11.5 Å². The molecule has 0 amide bonds. The van der Waals surface area contributed by atoms with Crippen LogP contribution in [-0.4, -0.2) is 41.2 Å². The zero-order chi connectivity index (χ0) is 14.6. The summed E-state index contributed by atoms with van der Waals surface area (Å²) in [5.74, 6) is 0.178. The highest BCUT2D eigenvalue weighted by molar-refractivity contribution is 5.79. The van der Waals surface area contributed by atoms with Gasteiger partial charge in [0.25, 0.3) is 0 Å². The largest absolute Gasteiger partial charge is 0.492 e. The lowest BCUT2D eigenvalue weighted by molar-refractivity contribution is -0.150. The molecule has 4 heteroatoms. The summed E-state index contributed by atoms with van der Waals surface area (Å²) < 4.78 is 5.78. The summed E-state index contributed by atoms with van der Waals surface area (Å²) in [6, 6.07) is 7.89. The van der Waals surface area contributed by atoms with Gasteiger partial charge in [0, 0.05) is 6.54 Å². The Hall–Kier alpha value is -1.55. The van der Waals surface area contributed by atoms with Gasteiger partial charge in [-0.2, -0.15) is 0 Å². The number of likely N-dealkylation sites (tertiary alicyclic amines) is 1. The zero-order valence-electron chi connectivity index (χ0n) is 12.3. The first-order valence-electron chi connectivity index (χ1n) is 7.27. The summed E-state index contributed by atoms with van der Waals surface area (Å²) in [5, 5.41) is 9.51. The SMILES string of the molecule is CCC1(C(=O)O)CCCN1CCOc1ccccc1C. The highest BCUT2D eigenvalue weighted by Crippen LogP contribution is 2.32. The van der Waals surface area contributed by atoms with Crippen molar-refractivity contribution in [3.8, 4) is 5.75 Å². The Morgan fingerprint density at radius 2 is 2.20 bits per heavy atom. The van der Waals surface area contributed by atoms with Gasteiger partial charge in [-0.15, -0.1) is 0 Å². The molecular formula is C16H23NO3. The van der Waals surface area contributed by atoms with Crippen LogP contribution in [0.5, 0.6) is 5.75 Å². The second kappa shape index (κ2) is 6.27. The molecule has 4 nitrogen and oxygen atoms in total.